The summed E-state index contributed by atoms with van der Waals surface area (Å²) in [6.45, 7) is 1.08. The maximum atomic E-state index is 12.4. The zero-order valence-corrected chi connectivity index (χ0v) is 16.8. The second-order valence-electron chi connectivity index (χ2n) is 7.15. The van der Waals surface area contributed by atoms with Gasteiger partial charge in [-0.25, -0.2) is 14.6 Å². The van der Waals surface area contributed by atoms with Crippen LogP contribution in [0.2, 0.25) is 0 Å². The Morgan fingerprint density at radius 2 is 1.83 bits per heavy atom. The largest absolute Gasteiger partial charge is 0.493 e. The van der Waals surface area contributed by atoms with Crippen LogP contribution >= 0.6 is 0 Å². The summed E-state index contributed by atoms with van der Waals surface area (Å²) in [6.07, 6.45) is 4.07. The lowest BCUT2D eigenvalue weighted by atomic mass is 10.2. The number of benzene rings is 1. The molecule has 1 aromatic carbocycles. The van der Waals surface area contributed by atoms with Gasteiger partial charge in [0.05, 0.1) is 24.4 Å². The Morgan fingerprint density at radius 3 is 2.67 bits per heavy atom. The van der Waals surface area contributed by atoms with Gasteiger partial charge in [-0.2, -0.15) is 0 Å². The first-order valence-electron chi connectivity index (χ1n) is 9.74. The Morgan fingerprint density at radius 1 is 1.03 bits per heavy atom. The third-order valence-electron chi connectivity index (χ3n) is 5.13. The number of aryl methyl sites for hydroxylation is 2. The van der Waals surface area contributed by atoms with Gasteiger partial charge in [0.25, 0.3) is 5.56 Å². The first-order valence-corrected chi connectivity index (χ1v) is 9.74. The van der Waals surface area contributed by atoms with Gasteiger partial charge >= 0.3 is 11.3 Å². The van der Waals surface area contributed by atoms with Gasteiger partial charge in [0.15, 0.2) is 11.2 Å². The number of para-hydroxylation sites is 1. The standard InChI is InChI=1S/C21H22N4O5/c1-23-19-18(20(27)24(2)21(23)28)25(13-22-19)10-6-3-7-11-29-16-12-17(26)30-15-9-5-4-8-14(15)16/h4-5,8-9,12-13H,3,6-7,10-11H2,1-2H3. The molecule has 0 unspecified atom stereocenters. The third-order valence-corrected chi connectivity index (χ3v) is 5.13. The molecule has 156 valence electrons. The molecular weight excluding hydrogens is 388 g/mol. The summed E-state index contributed by atoms with van der Waals surface area (Å²) >= 11 is 0. The van der Waals surface area contributed by atoms with E-state index in [9.17, 15) is 14.4 Å². The van der Waals surface area contributed by atoms with Crippen LogP contribution in [0.25, 0.3) is 22.1 Å². The predicted molar refractivity (Wildman–Crippen MR) is 112 cm³/mol. The Bertz CT molecular complexity index is 1390. The van der Waals surface area contributed by atoms with E-state index in [1.165, 1.54) is 17.7 Å². The van der Waals surface area contributed by atoms with E-state index < -0.39 is 11.3 Å². The van der Waals surface area contributed by atoms with Crippen LogP contribution in [0.15, 0.2) is 55.5 Å². The first-order chi connectivity index (χ1) is 14.5. The predicted octanol–water partition coefficient (Wildman–Crippen LogP) is 1.79. The van der Waals surface area contributed by atoms with Crippen LogP contribution in [-0.4, -0.2) is 25.3 Å². The molecule has 0 bridgehead atoms. The molecule has 4 rings (SSSR count). The fourth-order valence-electron chi connectivity index (χ4n) is 3.51. The molecule has 0 radical (unpaired) electrons. The summed E-state index contributed by atoms with van der Waals surface area (Å²) in [5, 5.41) is 0.767. The summed E-state index contributed by atoms with van der Waals surface area (Å²) in [7, 11) is 3.07. The molecule has 0 aliphatic rings. The van der Waals surface area contributed by atoms with Crippen LogP contribution in [0.4, 0.5) is 0 Å². The first kappa shape index (κ1) is 19.7. The van der Waals surface area contributed by atoms with Crippen molar-refractivity contribution in [2.45, 2.75) is 25.8 Å². The van der Waals surface area contributed by atoms with E-state index in [1.54, 1.807) is 30.1 Å². The average Bonchev–Trinajstić information content (AvgIpc) is 3.17. The van der Waals surface area contributed by atoms with Crippen molar-refractivity contribution in [1.29, 1.82) is 0 Å². The fraction of sp³-hybridized carbons (Fsp3) is 0.333. The lowest BCUT2D eigenvalue weighted by Gasteiger charge is -2.09. The maximum absolute atomic E-state index is 12.4. The number of nitrogens with zero attached hydrogens (tertiary/aromatic N) is 4. The quantitative estimate of drug-likeness (QED) is 0.340. The van der Waals surface area contributed by atoms with Crippen molar-refractivity contribution < 1.29 is 9.15 Å². The number of imidazole rings is 1. The van der Waals surface area contributed by atoms with Crippen LogP contribution in [0.5, 0.6) is 5.75 Å². The van der Waals surface area contributed by atoms with Gasteiger partial charge < -0.3 is 13.7 Å². The highest BCUT2D eigenvalue weighted by atomic mass is 16.5. The lowest BCUT2D eigenvalue weighted by molar-refractivity contribution is 0.305. The van der Waals surface area contributed by atoms with Gasteiger partial charge in [0, 0.05) is 20.6 Å². The van der Waals surface area contributed by atoms with E-state index in [2.05, 4.69) is 4.98 Å². The van der Waals surface area contributed by atoms with Crippen LogP contribution in [0.3, 0.4) is 0 Å². The molecule has 0 fully saturated rings. The number of hydrogen-bond acceptors (Lipinski definition) is 6. The van der Waals surface area contributed by atoms with Crippen molar-refractivity contribution in [3.05, 3.63) is 67.9 Å². The van der Waals surface area contributed by atoms with Crippen molar-refractivity contribution in [3.63, 3.8) is 0 Å². The third kappa shape index (κ3) is 3.54. The highest BCUT2D eigenvalue weighted by Gasteiger charge is 2.13. The molecule has 0 aliphatic carbocycles. The Labute approximate surface area is 170 Å². The lowest BCUT2D eigenvalue weighted by Crippen LogP contribution is -2.37. The highest BCUT2D eigenvalue weighted by molar-refractivity contribution is 5.82. The molecule has 0 aliphatic heterocycles. The van der Waals surface area contributed by atoms with E-state index >= 15 is 0 Å². The van der Waals surface area contributed by atoms with E-state index in [-0.39, 0.29) is 5.56 Å². The van der Waals surface area contributed by atoms with E-state index in [1.807, 2.05) is 12.1 Å². The normalized spacial score (nSPS) is 11.4. The number of fused-ring (bicyclic) bond motifs is 2. The smallest absolute Gasteiger partial charge is 0.339 e. The molecule has 0 saturated carbocycles. The summed E-state index contributed by atoms with van der Waals surface area (Å²) in [6, 6.07) is 8.62. The zero-order chi connectivity index (χ0) is 21.3. The van der Waals surface area contributed by atoms with Crippen molar-refractivity contribution in [2.75, 3.05) is 6.61 Å². The Balaban J connectivity index is 1.36. The van der Waals surface area contributed by atoms with Crippen molar-refractivity contribution in [3.8, 4) is 5.75 Å². The summed E-state index contributed by atoms with van der Waals surface area (Å²) < 4.78 is 15.2. The van der Waals surface area contributed by atoms with Crippen molar-refractivity contribution >= 4 is 22.1 Å². The number of unbranched alkanes of at least 4 members (excludes halogenated alkanes) is 2. The number of hydrogen-bond donors (Lipinski definition) is 0. The van der Waals surface area contributed by atoms with Crippen LogP contribution < -0.4 is 21.6 Å². The molecule has 9 heteroatoms. The summed E-state index contributed by atoms with van der Waals surface area (Å²) in [4.78, 5) is 40.3. The van der Waals surface area contributed by atoms with Crippen LogP contribution in [0, 0.1) is 0 Å². The second kappa shape index (κ2) is 8.02. The molecule has 0 saturated heterocycles. The van der Waals surface area contributed by atoms with Gasteiger partial charge in [-0.15, -0.1) is 0 Å². The SMILES string of the molecule is Cn1c(=O)c2c(ncn2CCCCCOc2cc(=O)oc3ccccc23)n(C)c1=O. The molecule has 3 heterocycles. The second-order valence-corrected chi connectivity index (χ2v) is 7.15. The zero-order valence-electron chi connectivity index (χ0n) is 16.8. The van der Waals surface area contributed by atoms with Crippen molar-refractivity contribution in [2.24, 2.45) is 14.1 Å². The van der Waals surface area contributed by atoms with E-state index in [4.69, 9.17) is 9.15 Å². The van der Waals surface area contributed by atoms with Gasteiger partial charge in [-0.3, -0.25) is 13.9 Å². The number of aromatic nitrogens is 4. The fourth-order valence-corrected chi connectivity index (χ4v) is 3.51. The van der Waals surface area contributed by atoms with Crippen molar-refractivity contribution in [1.82, 2.24) is 18.7 Å². The highest BCUT2D eigenvalue weighted by Crippen LogP contribution is 2.23. The molecule has 0 N–H and O–H groups in total. The molecule has 0 amide bonds. The average molecular weight is 410 g/mol. The minimum Gasteiger partial charge on any atom is -0.493 e. The van der Waals surface area contributed by atoms with Gasteiger partial charge in [-0.1, -0.05) is 12.1 Å². The Hall–Kier alpha value is -3.62. The maximum Gasteiger partial charge on any atom is 0.339 e. The minimum atomic E-state index is -0.438. The minimum absolute atomic E-state index is 0.344. The number of ether oxygens (including phenoxy) is 1. The van der Waals surface area contributed by atoms with Gasteiger partial charge in [0.1, 0.15) is 11.3 Å². The van der Waals surface area contributed by atoms with Crippen LogP contribution in [0.1, 0.15) is 19.3 Å². The molecule has 4 aromatic rings. The number of rotatable bonds is 7. The molecule has 0 atom stereocenters. The summed E-state index contributed by atoms with van der Waals surface area (Å²) in [5.74, 6) is 0.520. The monoisotopic (exact) mass is 410 g/mol. The molecule has 3 aromatic heterocycles. The van der Waals surface area contributed by atoms with E-state index in [0.29, 0.717) is 35.6 Å². The molecule has 9 nitrogen and oxygen atoms in total. The van der Waals surface area contributed by atoms with E-state index in [0.717, 1.165) is 29.2 Å². The molecule has 0 spiro atoms. The van der Waals surface area contributed by atoms with Gasteiger partial charge in [0.2, 0.25) is 0 Å². The molecular formula is C21H22N4O5. The summed E-state index contributed by atoms with van der Waals surface area (Å²) in [5.41, 5.74) is 0.148. The topological polar surface area (TPSA) is 101 Å². The van der Waals surface area contributed by atoms with Gasteiger partial charge in [-0.05, 0) is 31.4 Å². The Kier molecular flexibility index (Phi) is 5.26. The van der Waals surface area contributed by atoms with Crippen LogP contribution in [-0.2, 0) is 20.6 Å². The molecule has 30 heavy (non-hydrogen) atoms.